The van der Waals surface area contributed by atoms with Crippen molar-refractivity contribution in [3.8, 4) is 0 Å². The highest BCUT2D eigenvalue weighted by Crippen LogP contribution is 2.16. The fourth-order valence-corrected chi connectivity index (χ4v) is 1.91. The van der Waals surface area contributed by atoms with Gasteiger partial charge < -0.3 is 15.4 Å². The molecule has 0 spiro atoms. The van der Waals surface area contributed by atoms with E-state index in [4.69, 9.17) is 4.74 Å². The molecule has 0 bridgehead atoms. The third-order valence-corrected chi connectivity index (χ3v) is 2.93. The van der Waals surface area contributed by atoms with Crippen LogP contribution >= 0.6 is 0 Å². The number of hydrogen-bond acceptors (Lipinski definition) is 4. The van der Waals surface area contributed by atoms with E-state index in [9.17, 15) is 4.79 Å². The summed E-state index contributed by atoms with van der Waals surface area (Å²) in [6.45, 7) is 3.65. The lowest BCUT2D eigenvalue weighted by atomic mass is 10.2. The van der Waals surface area contributed by atoms with Crippen molar-refractivity contribution in [2.75, 3.05) is 24.4 Å². The Balaban J connectivity index is 1.92. The quantitative estimate of drug-likeness (QED) is 0.818. The van der Waals surface area contributed by atoms with Crippen LogP contribution in [0, 0.1) is 0 Å². The first kappa shape index (κ1) is 15.1. The summed E-state index contributed by atoms with van der Waals surface area (Å²) in [4.78, 5) is 11.5. The number of carbonyl (C=O) groups is 1. The summed E-state index contributed by atoms with van der Waals surface area (Å²) < 4.78 is 6.67. The van der Waals surface area contributed by atoms with Gasteiger partial charge in [0.15, 0.2) is 0 Å². The monoisotopic (exact) mass is 288 g/mol. The maximum Gasteiger partial charge on any atom is 0.250 e. The molecule has 6 nitrogen and oxygen atoms in total. The highest BCUT2D eigenvalue weighted by Gasteiger charge is 2.02. The number of methoxy groups -OCH3 is 1. The first-order valence-electron chi connectivity index (χ1n) is 6.85. The second kappa shape index (κ2) is 7.44. The van der Waals surface area contributed by atoms with Crippen LogP contribution in [0.5, 0.6) is 0 Å². The van der Waals surface area contributed by atoms with Crippen molar-refractivity contribution in [3.63, 3.8) is 0 Å². The topological polar surface area (TPSA) is 68.2 Å². The Bertz CT molecular complexity index is 595. The Kier molecular flexibility index (Phi) is 5.34. The van der Waals surface area contributed by atoms with Crippen LogP contribution < -0.4 is 10.6 Å². The van der Waals surface area contributed by atoms with Crippen molar-refractivity contribution < 1.29 is 9.53 Å². The minimum Gasteiger partial charge on any atom is -0.381 e. The van der Waals surface area contributed by atoms with E-state index in [-0.39, 0.29) is 12.5 Å². The summed E-state index contributed by atoms with van der Waals surface area (Å²) in [5.41, 5.74) is 2.80. The maximum atomic E-state index is 11.5. The van der Waals surface area contributed by atoms with E-state index in [0.29, 0.717) is 6.54 Å². The molecule has 0 fully saturated rings. The smallest absolute Gasteiger partial charge is 0.250 e. The molecule has 1 amide bonds. The van der Waals surface area contributed by atoms with E-state index in [2.05, 4.69) is 22.7 Å². The molecule has 0 aliphatic rings. The van der Waals surface area contributed by atoms with Gasteiger partial charge in [0.1, 0.15) is 6.61 Å². The van der Waals surface area contributed by atoms with E-state index in [1.54, 1.807) is 0 Å². The first-order valence-corrected chi connectivity index (χ1v) is 6.85. The number of carbonyl (C=O) groups excluding carboxylic acids is 1. The lowest BCUT2D eigenvalue weighted by molar-refractivity contribution is -0.119. The van der Waals surface area contributed by atoms with E-state index < -0.39 is 0 Å². The lowest BCUT2D eigenvalue weighted by Gasteiger charge is -2.08. The third kappa shape index (κ3) is 4.61. The summed E-state index contributed by atoms with van der Waals surface area (Å²) in [7, 11) is 1.49. The van der Waals surface area contributed by atoms with Gasteiger partial charge in [-0.15, -0.1) is 0 Å². The molecular weight excluding hydrogens is 268 g/mol. The Labute approximate surface area is 124 Å². The van der Waals surface area contributed by atoms with Gasteiger partial charge in [-0.1, -0.05) is 6.07 Å². The Morgan fingerprint density at radius 2 is 2.19 bits per heavy atom. The SMILES string of the molecule is CCn1cc(CNc2cccc(NC(=O)COC)c2)cn1. The zero-order valence-corrected chi connectivity index (χ0v) is 12.3. The summed E-state index contributed by atoms with van der Waals surface area (Å²) in [5, 5.41) is 10.3. The first-order chi connectivity index (χ1) is 10.2. The van der Waals surface area contributed by atoms with Crippen LogP contribution in [-0.2, 0) is 22.6 Å². The second-order valence-electron chi connectivity index (χ2n) is 4.62. The molecule has 1 aromatic heterocycles. The molecule has 0 radical (unpaired) electrons. The number of aryl methyl sites for hydroxylation is 1. The number of nitrogens with zero attached hydrogens (tertiary/aromatic N) is 2. The lowest BCUT2D eigenvalue weighted by Crippen LogP contribution is -2.17. The third-order valence-electron chi connectivity index (χ3n) is 2.93. The second-order valence-corrected chi connectivity index (χ2v) is 4.62. The van der Waals surface area contributed by atoms with Gasteiger partial charge in [-0.2, -0.15) is 5.10 Å². The van der Waals surface area contributed by atoms with Crippen LogP contribution in [0.1, 0.15) is 12.5 Å². The van der Waals surface area contributed by atoms with Gasteiger partial charge in [0, 0.05) is 43.3 Å². The molecule has 0 saturated carbocycles. The normalized spacial score (nSPS) is 10.4. The number of nitrogens with one attached hydrogen (secondary N) is 2. The average Bonchev–Trinajstić information content (AvgIpc) is 2.94. The number of aromatic nitrogens is 2. The van der Waals surface area contributed by atoms with Crippen molar-refractivity contribution in [1.82, 2.24) is 9.78 Å². The van der Waals surface area contributed by atoms with Crippen LogP contribution in [0.25, 0.3) is 0 Å². The molecule has 0 saturated heterocycles. The molecule has 0 atom stereocenters. The van der Waals surface area contributed by atoms with Gasteiger partial charge in [-0.3, -0.25) is 9.48 Å². The highest BCUT2D eigenvalue weighted by molar-refractivity contribution is 5.92. The molecule has 1 heterocycles. The molecule has 6 heteroatoms. The minimum absolute atomic E-state index is 0.0495. The van der Waals surface area contributed by atoms with E-state index >= 15 is 0 Å². The predicted octanol–water partition coefficient (Wildman–Crippen LogP) is 2.10. The highest BCUT2D eigenvalue weighted by atomic mass is 16.5. The summed E-state index contributed by atoms with van der Waals surface area (Å²) >= 11 is 0. The van der Waals surface area contributed by atoms with Crippen molar-refractivity contribution in [1.29, 1.82) is 0 Å². The molecule has 0 unspecified atom stereocenters. The van der Waals surface area contributed by atoms with E-state index in [0.717, 1.165) is 23.5 Å². The van der Waals surface area contributed by atoms with Gasteiger partial charge in [0.2, 0.25) is 5.91 Å². The summed E-state index contributed by atoms with van der Waals surface area (Å²) in [6, 6.07) is 7.57. The molecular formula is C15H20N4O2. The van der Waals surface area contributed by atoms with Crippen LogP contribution in [-0.4, -0.2) is 29.4 Å². The minimum atomic E-state index is -0.168. The number of anilines is 2. The standard InChI is InChI=1S/C15H20N4O2/c1-3-19-10-12(9-17-19)8-16-13-5-4-6-14(7-13)18-15(20)11-21-2/h4-7,9-10,16H,3,8,11H2,1-2H3,(H,18,20). The Morgan fingerprint density at radius 1 is 1.38 bits per heavy atom. The Hall–Kier alpha value is -2.34. The predicted molar refractivity (Wildman–Crippen MR) is 82.2 cm³/mol. The molecule has 2 N–H and O–H groups in total. The van der Waals surface area contributed by atoms with Gasteiger partial charge in [-0.25, -0.2) is 0 Å². The van der Waals surface area contributed by atoms with Gasteiger partial charge >= 0.3 is 0 Å². The fraction of sp³-hybridized carbons (Fsp3) is 0.333. The van der Waals surface area contributed by atoms with Crippen LogP contribution in [0.3, 0.4) is 0 Å². The van der Waals surface area contributed by atoms with Gasteiger partial charge in [-0.05, 0) is 25.1 Å². The van der Waals surface area contributed by atoms with Crippen molar-refractivity contribution in [3.05, 3.63) is 42.2 Å². The summed E-state index contributed by atoms with van der Waals surface area (Å²) in [5.74, 6) is -0.168. The van der Waals surface area contributed by atoms with Crippen LogP contribution in [0.4, 0.5) is 11.4 Å². The number of ether oxygens (including phenoxy) is 1. The fourth-order valence-electron chi connectivity index (χ4n) is 1.91. The van der Waals surface area contributed by atoms with Crippen molar-refractivity contribution in [2.24, 2.45) is 0 Å². The van der Waals surface area contributed by atoms with E-state index in [1.165, 1.54) is 7.11 Å². The average molecular weight is 288 g/mol. The molecule has 2 aromatic rings. The van der Waals surface area contributed by atoms with Gasteiger partial charge in [0.25, 0.3) is 0 Å². The number of hydrogen-bond donors (Lipinski definition) is 2. The molecule has 2 rings (SSSR count). The van der Waals surface area contributed by atoms with Crippen LogP contribution in [0.2, 0.25) is 0 Å². The van der Waals surface area contributed by atoms with E-state index in [1.807, 2.05) is 41.3 Å². The molecule has 21 heavy (non-hydrogen) atoms. The zero-order chi connectivity index (χ0) is 15.1. The maximum absolute atomic E-state index is 11.5. The summed E-state index contributed by atoms with van der Waals surface area (Å²) in [6.07, 6.45) is 3.86. The zero-order valence-electron chi connectivity index (χ0n) is 12.3. The largest absolute Gasteiger partial charge is 0.381 e. The number of benzene rings is 1. The molecule has 1 aromatic carbocycles. The molecule has 0 aliphatic carbocycles. The van der Waals surface area contributed by atoms with Crippen LogP contribution in [0.15, 0.2) is 36.7 Å². The van der Waals surface area contributed by atoms with Gasteiger partial charge in [0.05, 0.1) is 6.20 Å². The molecule has 0 aliphatic heterocycles. The Morgan fingerprint density at radius 3 is 2.90 bits per heavy atom. The van der Waals surface area contributed by atoms with Crippen molar-refractivity contribution >= 4 is 17.3 Å². The number of rotatable bonds is 7. The van der Waals surface area contributed by atoms with Crippen molar-refractivity contribution in [2.45, 2.75) is 20.0 Å². The number of amides is 1. The molecule has 112 valence electrons.